The molecule has 25 heavy (non-hydrogen) atoms. The molecular weight excluding hydrogens is 310 g/mol. The smallest absolute Gasteiger partial charge is 0.141 e. The molecule has 1 unspecified atom stereocenters. The average molecular weight is 333 g/mol. The van der Waals surface area contributed by atoms with Crippen LogP contribution in [0.1, 0.15) is 17.2 Å². The number of para-hydroxylation sites is 3. The molecule has 1 atom stereocenters. The van der Waals surface area contributed by atoms with Crippen molar-refractivity contribution in [2.75, 3.05) is 19.5 Å². The monoisotopic (exact) mass is 333 g/mol. The lowest BCUT2D eigenvalue weighted by atomic mass is 9.97. The Hall–Kier alpha value is -2.94. The summed E-state index contributed by atoms with van der Waals surface area (Å²) in [7, 11) is 3.40. The number of nitrogens with one attached hydrogen (secondary N) is 1. The third-order valence-corrected chi connectivity index (χ3v) is 4.23. The first-order chi connectivity index (χ1) is 12.3. The first-order valence-corrected chi connectivity index (χ1v) is 8.38. The van der Waals surface area contributed by atoms with Gasteiger partial charge in [0.25, 0.3) is 0 Å². The number of benzene rings is 3. The molecule has 3 aromatic rings. The zero-order chi connectivity index (χ0) is 17.5. The number of hydrogen-bond acceptors (Lipinski definition) is 3. The summed E-state index contributed by atoms with van der Waals surface area (Å²) in [4.78, 5) is 0. The predicted molar refractivity (Wildman–Crippen MR) is 102 cm³/mol. The number of anilines is 1. The zero-order valence-electron chi connectivity index (χ0n) is 14.6. The summed E-state index contributed by atoms with van der Waals surface area (Å²) in [5.41, 5.74) is 3.36. The number of methoxy groups -OCH3 is 2. The predicted octanol–water partition coefficient (Wildman–Crippen LogP) is 5.10. The Morgan fingerprint density at radius 3 is 2.04 bits per heavy atom. The minimum atomic E-state index is 0.0647. The molecule has 0 aliphatic heterocycles. The Balaban J connectivity index is 1.96. The molecule has 0 spiro atoms. The highest BCUT2D eigenvalue weighted by atomic mass is 16.5. The lowest BCUT2D eigenvalue weighted by molar-refractivity contribution is 0.405. The van der Waals surface area contributed by atoms with Crippen molar-refractivity contribution >= 4 is 5.69 Å². The molecule has 0 aliphatic rings. The maximum Gasteiger partial charge on any atom is 0.141 e. The van der Waals surface area contributed by atoms with Gasteiger partial charge in [-0.3, -0.25) is 0 Å². The van der Waals surface area contributed by atoms with Crippen LogP contribution in [0.4, 0.5) is 5.69 Å². The molecule has 0 amide bonds. The van der Waals surface area contributed by atoms with E-state index in [1.165, 1.54) is 5.56 Å². The van der Waals surface area contributed by atoms with Gasteiger partial charge in [-0.25, -0.2) is 0 Å². The topological polar surface area (TPSA) is 30.5 Å². The third kappa shape index (κ3) is 4.13. The number of ether oxygens (including phenoxy) is 2. The van der Waals surface area contributed by atoms with E-state index in [1.54, 1.807) is 14.2 Å². The first kappa shape index (κ1) is 16.9. The highest BCUT2D eigenvalue weighted by Gasteiger charge is 2.18. The molecule has 0 aliphatic carbocycles. The van der Waals surface area contributed by atoms with Gasteiger partial charge in [-0.15, -0.1) is 0 Å². The van der Waals surface area contributed by atoms with E-state index < -0.39 is 0 Å². The molecule has 0 saturated heterocycles. The fraction of sp³-hybridized carbons (Fsp3) is 0.182. The lowest BCUT2D eigenvalue weighted by Crippen LogP contribution is -2.15. The van der Waals surface area contributed by atoms with Crippen molar-refractivity contribution < 1.29 is 9.47 Å². The first-order valence-electron chi connectivity index (χ1n) is 8.38. The minimum absolute atomic E-state index is 0.0647. The summed E-state index contributed by atoms with van der Waals surface area (Å²) >= 11 is 0. The van der Waals surface area contributed by atoms with Crippen LogP contribution in [-0.2, 0) is 6.42 Å². The molecule has 1 N–H and O–H groups in total. The van der Waals surface area contributed by atoms with E-state index in [4.69, 9.17) is 9.47 Å². The molecule has 3 nitrogen and oxygen atoms in total. The highest BCUT2D eigenvalue weighted by molar-refractivity contribution is 5.58. The second-order valence-electron chi connectivity index (χ2n) is 5.83. The van der Waals surface area contributed by atoms with E-state index in [1.807, 2.05) is 48.5 Å². The van der Waals surface area contributed by atoms with Crippen molar-refractivity contribution in [1.82, 2.24) is 0 Å². The van der Waals surface area contributed by atoms with Crippen LogP contribution < -0.4 is 14.8 Å². The number of rotatable bonds is 7. The zero-order valence-corrected chi connectivity index (χ0v) is 14.6. The minimum Gasteiger partial charge on any atom is -0.496 e. The fourth-order valence-electron chi connectivity index (χ4n) is 2.99. The van der Waals surface area contributed by atoms with Crippen molar-refractivity contribution in [2.24, 2.45) is 0 Å². The van der Waals surface area contributed by atoms with Crippen LogP contribution >= 0.6 is 0 Å². The van der Waals surface area contributed by atoms with Gasteiger partial charge in [-0.05, 0) is 30.2 Å². The van der Waals surface area contributed by atoms with Gasteiger partial charge in [0.15, 0.2) is 0 Å². The Bertz CT molecular complexity index is 802. The van der Waals surface area contributed by atoms with Crippen LogP contribution in [0, 0.1) is 0 Å². The number of hydrogen-bond donors (Lipinski definition) is 1. The normalized spacial score (nSPS) is 11.6. The van der Waals surface area contributed by atoms with E-state index in [9.17, 15) is 0 Å². The molecule has 3 heteroatoms. The summed E-state index contributed by atoms with van der Waals surface area (Å²) in [5.74, 6) is 1.71. The van der Waals surface area contributed by atoms with Gasteiger partial charge in [-0.1, -0.05) is 60.7 Å². The highest BCUT2D eigenvalue weighted by Crippen LogP contribution is 2.33. The van der Waals surface area contributed by atoms with Crippen LogP contribution in [0.5, 0.6) is 11.5 Å². The summed E-state index contributed by atoms with van der Waals surface area (Å²) in [6.45, 7) is 0. The van der Waals surface area contributed by atoms with E-state index in [-0.39, 0.29) is 6.04 Å². The molecule has 128 valence electrons. The second-order valence-corrected chi connectivity index (χ2v) is 5.83. The molecular formula is C22H23NO2. The SMILES string of the molecule is COc1ccccc1NC(Cc1ccccc1)c1ccccc1OC. The van der Waals surface area contributed by atoms with E-state index >= 15 is 0 Å². The van der Waals surface area contributed by atoms with Crippen LogP contribution in [-0.4, -0.2) is 14.2 Å². The molecule has 0 saturated carbocycles. The molecule has 3 rings (SSSR count). The van der Waals surface area contributed by atoms with E-state index in [0.717, 1.165) is 29.2 Å². The van der Waals surface area contributed by atoms with Crippen molar-refractivity contribution in [1.29, 1.82) is 0 Å². The Kier molecular flexibility index (Phi) is 5.57. The van der Waals surface area contributed by atoms with Gasteiger partial charge in [0.2, 0.25) is 0 Å². The van der Waals surface area contributed by atoms with Gasteiger partial charge in [0.1, 0.15) is 11.5 Å². The summed E-state index contributed by atoms with van der Waals surface area (Å²) in [5, 5.41) is 3.63. The summed E-state index contributed by atoms with van der Waals surface area (Å²) < 4.78 is 11.1. The molecule has 0 aromatic heterocycles. The van der Waals surface area contributed by atoms with Crippen LogP contribution in [0.2, 0.25) is 0 Å². The maximum atomic E-state index is 5.59. The molecule has 0 fully saturated rings. The van der Waals surface area contributed by atoms with E-state index in [2.05, 4.69) is 35.6 Å². The molecule has 0 heterocycles. The van der Waals surface area contributed by atoms with Crippen LogP contribution in [0.15, 0.2) is 78.9 Å². The average Bonchev–Trinajstić information content (AvgIpc) is 2.68. The van der Waals surface area contributed by atoms with Gasteiger partial charge in [0, 0.05) is 5.56 Å². The lowest BCUT2D eigenvalue weighted by Gasteiger charge is -2.23. The molecule has 3 aromatic carbocycles. The van der Waals surface area contributed by atoms with Gasteiger partial charge in [-0.2, -0.15) is 0 Å². The Labute approximate surface area is 149 Å². The Morgan fingerprint density at radius 2 is 1.32 bits per heavy atom. The molecule has 0 radical (unpaired) electrons. The quantitative estimate of drug-likeness (QED) is 0.652. The maximum absolute atomic E-state index is 5.59. The van der Waals surface area contributed by atoms with Gasteiger partial charge < -0.3 is 14.8 Å². The second kappa shape index (κ2) is 8.25. The fourth-order valence-corrected chi connectivity index (χ4v) is 2.99. The van der Waals surface area contributed by atoms with Crippen molar-refractivity contribution in [3.63, 3.8) is 0 Å². The van der Waals surface area contributed by atoms with Crippen molar-refractivity contribution in [2.45, 2.75) is 12.5 Å². The van der Waals surface area contributed by atoms with Gasteiger partial charge in [0.05, 0.1) is 25.9 Å². The molecule has 0 bridgehead atoms. The van der Waals surface area contributed by atoms with Crippen LogP contribution in [0.25, 0.3) is 0 Å². The van der Waals surface area contributed by atoms with Crippen molar-refractivity contribution in [3.05, 3.63) is 90.0 Å². The largest absolute Gasteiger partial charge is 0.496 e. The van der Waals surface area contributed by atoms with E-state index in [0.29, 0.717) is 0 Å². The summed E-state index contributed by atoms with van der Waals surface area (Å²) in [6, 6.07) is 26.6. The standard InChI is InChI=1S/C22H23NO2/c1-24-21-14-8-6-12-18(21)20(16-17-10-4-3-5-11-17)23-19-13-7-9-15-22(19)25-2/h3-15,20,23H,16H2,1-2H3. The summed E-state index contributed by atoms with van der Waals surface area (Å²) in [6.07, 6.45) is 0.846. The Morgan fingerprint density at radius 1 is 0.720 bits per heavy atom. The third-order valence-electron chi connectivity index (χ3n) is 4.23. The van der Waals surface area contributed by atoms with Gasteiger partial charge >= 0.3 is 0 Å². The van der Waals surface area contributed by atoms with Crippen molar-refractivity contribution in [3.8, 4) is 11.5 Å². The van der Waals surface area contributed by atoms with Crippen LogP contribution in [0.3, 0.4) is 0 Å².